The van der Waals surface area contributed by atoms with Crippen LogP contribution in [0.2, 0.25) is 0 Å². The van der Waals surface area contributed by atoms with Gasteiger partial charge in [-0.05, 0) is 37.3 Å². The molecule has 5 heterocycles. The average Bonchev–Trinajstić information content (AvgIpc) is 3.30. The van der Waals surface area contributed by atoms with Crippen molar-refractivity contribution < 1.29 is 19.4 Å². The number of hydrogen-bond acceptors (Lipinski definition) is 5. The van der Waals surface area contributed by atoms with E-state index in [4.69, 9.17) is 9.47 Å². The van der Waals surface area contributed by atoms with Crippen LogP contribution in [0.15, 0.2) is 18.2 Å². The average molecular weight is 356 g/mol. The third-order valence-corrected chi connectivity index (χ3v) is 8.03. The van der Waals surface area contributed by atoms with E-state index in [1.807, 2.05) is 25.1 Å². The number of rotatable bonds is 2. The molecule has 4 bridgehead atoms. The van der Waals surface area contributed by atoms with Gasteiger partial charge in [-0.2, -0.15) is 0 Å². The molecule has 6 aliphatic rings. The minimum absolute atomic E-state index is 0.0588. The van der Waals surface area contributed by atoms with Gasteiger partial charge in [0, 0.05) is 30.3 Å². The van der Waals surface area contributed by atoms with Gasteiger partial charge >= 0.3 is 0 Å². The molecule has 0 aromatic heterocycles. The van der Waals surface area contributed by atoms with Crippen molar-refractivity contribution in [1.82, 2.24) is 4.90 Å². The molecule has 5 aliphatic heterocycles. The normalized spacial score (nSPS) is 48.0. The molecule has 8 unspecified atom stereocenters. The molecule has 4 saturated heterocycles. The Morgan fingerprint density at radius 3 is 3.08 bits per heavy atom. The number of anilines is 1. The van der Waals surface area contributed by atoms with Crippen molar-refractivity contribution in [3.63, 3.8) is 0 Å². The van der Waals surface area contributed by atoms with Gasteiger partial charge in [-0.3, -0.25) is 9.69 Å². The summed E-state index contributed by atoms with van der Waals surface area (Å²) >= 11 is 0. The number of nitrogens with zero attached hydrogens (tertiary/aromatic N) is 1. The lowest BCUT2D eigenvalue weighted by atomic mass is 9.70. The van der Waals surface area contributed by atoms with Crippen molar-refractivity contribution in [3.8, 4) is 5.75 Å². The first kappa shape index (κ1) is 15.4. The van der Waals surface area contributed by atoms with Gasteiger partial charge in [0.1, 0.15) is 11.2 Å². The van der Waals surface area contributed by atoms with E-state index in [1.165, 1.54) is 0 Å². The number of benzene rings is 1. The first-order valence-electron chi connectivity index (χ1n) is 9.59. The molecular formula is C20H24N2O4. The van der Waals surface area contributed by atoms with E-state index in [1.54, 1.807) is 7.11 Å². The molecule has 6 heteroatoms. The van der Waals surface area contributed by atoms with Crippen LogP contribution >= 0.6 is 0 Å². The van der Waals surface area contributed by atoms with Gasteiger partial charge in [-0.15, -0.1) is 0 Å². The second-order valence-electron chi connectivity index (χ2n) is 8.73. The van der Waals surface area contributed by atoms with Gasteiger partial charge in [0.15, 0.2) is 0 Å². The summed E-state index contributed by atoms with van der Waals surface area (Å²) in [6.07, 6.45) is 1.17. The Balaban J connectivity index is 1.48. The van der Waals surface area contributed by atoms with Crippen LogP contribution in [0.3, 0.4) is 0 Å². The highest BCUT2D eigenvalue weighted by molar-refractivity contribution is 6.07. The maximum absolute atomic E-state index is 13.3. The molecule has 2 N–H and O–H groups in total. The monoisotopic (exact) mass is 356 g/mol. The van der Waals surface area contributed by atoms with Crippen LogP contribution in [0.1, 0.15) is 25.3 Å². The molecule has 138 valence electrons. The maximum atomic E-state index is 13.3. The molecule has 1 aromatic rings. The smallest absolute Gasteiger partial charge is 0.237 e. The van der Waals surface area contributed by atoms with E-state index in [-0.39, 0.29) is 23.7 Å². The zero-order valence-electron chi connectivity index (χ0n) is 15.1. The summed E-state index contributed by atoms with van der Waals surface area (Å²) in [4.78, 5) is 15.7. The molecule has 1 amide bonds. The Morgan fingerprint density at radius 1 is 1.46 bits per heavy atom. The van der Waals surface area contributed by atoms with Gasteiger partial charge < -0.3 is 19.9 Å². The molecular weight excluding hydrogens is 332 g/mol. The number of nitrogens with one attached hydrogen (secondary N) is 1. The van der Waals surface area contributed by atoms with E-state index in [2.05, 4.69) is 10.2 Å². The number of ether oxygens (including phenoxy) is 2. The minimum atomic E-state index is -0.622. The molecule has 1 aromatic carbocycles. The van der Waals surface area contributed by atoms with Crippen LogP contribution in [0.5, 0.6) is 5.75 Å². The summed E-state index contributed by atoms with van der Waals surface area (Å²) in [5.74, 6) is 1.65. The molecule has 5 fully saturated rings. The second-order valence-corrected chi connectivity index (χ2v) is 8.73. The Morgan fingerprint density at radius 2 is 2.31 bits per heavy atom. The number of carbonyl (C=O) groups is 1. The van der Waals surface area contributed by atoms with Gasteiger partial charge in [0.25, 0.3) is 0 Å². The summed E-state index contributed by atoms with van der Waals surface area (Å²) in [6, 6.07) is 6.19. The molecule has 0 radical (unpaired) electrons. The third-order valence-electron chi connectivity index (χ3n) is 8.03. The molecule has 8 atom stereocenters. The number of amides is 1. The van der Waals surface area contributed by atoms with Crippen LogP contribution in [0, 0.1) is 11.8 Å². The fraction of sp³-hybridized carbons (Fsp3) is 0.650. The third kappa shape index (κ3) is 1.51. The summed E-state index contributed by atoms with van der Waals surface area (Å²) in [6.45, 7) is 3.58. The summed E-state index contributed by atoms with van der Waals surface area (Å²) < 4.78 is 11.6. The predicted octanol–water partition coefficient (Wildman–Crippen LogP) is 1.13. The van der Waals surface area contributed by atoms with Crippen molar-refractivity contribution in [3.05, 3.63) is 23.8 Å². The van der Waals surface area contributed by atoms with Crippen LogP contribution < -0.4 is 10.1 Å². The summed E-state index contributed by atoms with van der Waals surface area (Å²) in [5, 5.41) is 13.6. The van der Waals surface area contributed by atoms with Crippen LogP contribution in [-0.4, -0.2) is 60.0 Å². The Labute approximate surface area is 152 Å². The first-order valence-corrected chi connectivity index (χ1v) is 9.59. The van der Waals surface area contributed by atoms with Gasteiger partial charge in [-0.1, -0.05) is 6.07 Å². The standard InChI is InChI=1S/C20H24N2O4/c1-10(23)20-9-22(20)16-7-19(17-6-14(20)12(16)8-26-17)13-4-3-11(25-2)5-15(13)21-18(19)24/h3-5,10,12,14,16-17,23H,6-9H2,1-2H3,(H,21,24). The fourth-order valence-electron chi connectivity index (χ4n) is 6.77. The number of hydrogen-bond donors (Lipinski definition) is 2. The van der Waals surface area contributed by atoms with E-state index in [0.717, 1.165) is 36.4 Å². The molecule has 1 aliphatic carbocycles. The number of aliphatic hydroxyl groups excluding tert-OH is 1. The second kappa shape index (κ2) is 4.61. The van der Waals surface area contributed by atoms with Crippen LogP contribution in [0.25, 0.3) is 0 Å². The van der Waals surface area contributed by atoms with Gasteiger partial charge in [-0.25, -0.2) is 0 Å². The van der Waals surface area contributed by atoms with E-state index < -0.39 is 5.41 Å². The van der Waals surface area contributed by atoms with Crippen LogP contribution in [0.4, 0.5) is 5.69 Å². The molecule has 7 rings (SSSR count). The lowest BCUT2D eigenvalue weighted by molar-refractivity contribution is -0.131. The van der Waals surface area contributed by atoms with Crippen molar-refractivity contribution in [2.24, 2.45) is 11.8 Å². The maximum Gasteiger partial charge on any atom is 0.237 e. The number of carbonyl (C=O) groups excluding carboxylic acids is 1. The lowest BCUT2D eigenvalue weighted by Gasteiger charge is -2.41. The van der Waals surface area contributed by atoms with Crippen LogP contribution in [-0.2, 0) is 14.9 Å². The molecule has 6 nitrogen and oxygen atoms in total. The SMILES string of the molecule is COc1ccc2c(c1)NC(=O)C21CC2C3COC1CC3C1(C(C)O)CN21. The molecule has 1 spiro atoms. The van der Waals surface area contributed by atoms with Gasteiger partial charge in [0.05, 0.1) is 31.5 Å². The Bertz CT molecular complexity index is 826. The lowest BCUT2D eigenvalue weighted by Crippen LogP contribution is -2.52. The van der Waals surface area contributed by atoms with E-state index in [9.17, 15) is 9.90 Å². The van der Waals surface area contributed by atoms with Crippen molar-refractivity contribution in [2.75, 3.05) is 25.6 Å². The largest absolute Gasteiger partial charge is 0.497 e. The zero-order chi connectivity index (χ0) is 17.8. The minimum Gasteiger partial charge on any atom is -0.497 e. The fourth-order valence-corrected chi connectivity index (χ4v) is 6.77. The molecule has 26 heavy (non-hydrogen) atoms. The van der Waals surface area contributed by atoms with E-state index in [0.29, 0.717) is 24.5 Å². The topological polar surface area (TPSA) is 70.8 Å². The van der Waals surface area contributed by atoms with Crippen molar-refractivity contribution in [1.29, 1.82) is 0 Å². The quantitative estimate of drug-likeness (QED) is 0.778. The van der Waals surface area contributed by atoms with Gasteiger partial charge in [0.2, 0.25) is 5.91 Å². The van der Waals surface area contributed by atoms with Crippen molar-refractivity contribution >= 4 is 11.6 Å². The highest BCUT2D eigenvalue weighted by Gasteiger charge is 2.76. The van der Waals surface area contributed by atoms with Crippen molar-refractivity contribution in [2.45, 2.75) is 49.0 Å². The Kier molecular flexibility index (Phi) is 2.74. The number of aliphatic hydroxyl groups is 1. The summed E-state index contributed by atoms with van der Waals surface area (Å²) in [5.41, 5.74) is 1.21. The predicted molar refractivity (Wildman–Crippen MR) is 94.2 cm³/mol. The number of piperidine rings is 1. The first-order chi connectivity index (χ1) is 12.5. The highest BCUT2D eigenvalue weighted by atomic mass is 16.5. The Hall–Kier alpha value is -1.63. The number of fused-ring (bicyclic) bond motifs is 3. The summed E-state index contributed by atoms with van der Waals surface area (Å²) in [7, 11) is 1.64. The molecule has 1 saturated carbocycles. The zero-order valence-corrected chi connectivity index (χ0v) is 15.1. The highest BCUT2D eigenvalue weighted by Crippen LogP contribution is 2.65. The van der Waals surface area contributed by atoms with E-state index >= 15 is 0 Å². The number of methoxy groups -OCH3 is 1.